The summed E-state index contributed by atoms with van der Waals surface area (Å²) in [6, 6.07) is 22.5. The Kier molecular flexibility index (Phi) is 12.7. The standard InChI is InChI=1S/C36H36Cl2FNO5/c1-24-18-30(14-15-33(24)39)44-17-7-5-3-2-4-6-16-40-36(43)27-19-26(21-29(38)22-27)32-13-9-12-31(35(32)45-23-34(41)42)25-10-8-11-28(37)20-25/h8-15,18-22H,2-7,16-17,23H2,1H3,(H,40,43)(H,41,42). The predicted octanol–water partition coefficient (Wildman–Crippen LogP) is 9.39. The minimum Gasteiger partial charge on any atom is -0.494 e. The lowest BCUT2D eigenvalue weighted by atomic mass is 9.96. The molecule has 0 spiro atoms. The Morgan fingerprint density at radius 2 is 1.47 bits per heavy atom. The highest BCUT2D eigenvalue weighted by molar-refractivity contribution is 6.31. The second-order valence-electron chi connectivity index (χ2n) is 10.7. The Hall–Kier alpha value is -4.07. The maximum absolute atomic E-state index is 13.4. The van der Waals surface area contributed by atoms with Gasteiger partial charge in [0.2, 0.25) is 0 Å². The number of aliphatic carboxylic acids is 1. The molecule has 4 aromatic carbocycles. The zero-order chi connectivity index (χ0) is 32.2. The third-order valence-corrected chi connectivity index (χ3v) is 7.67. The van der Waals surface area contributed by atoms with Crippen LogP contribution in [0.1, 0.15) is 54.4 Å². The molecule has 0 aliphatic rings. The molecule has 0 unspecified atom stereocenters. The fourth-order valence-electron chi connectivity index (χ4n) is 4.95. The van der Waals surface area contributed by atoms with Crippen molar-refractivity contribution in [2.45, 2.75) is 45.4 Å². The predicted molar refractivity (Wildman–Crippen MR) is 177 cm³/mol. The number of carboxylic acid groups (broad SMARTS) is 1. The van der Waals surface area contributed by atoms with Crippen LogP contribution < -0.4 is 14.8 Å². The summed E-state index contributed by atoms with van der Waals surface area (Å²) in [4.78, 5) is 24.4. The molecular weight excluding hydrogens is 616 g/mol. The second kappa shape index (κ2) is 16.8. The van der Waals surface area contributed by atoms with Gasteiger partial charge in [0.15, 0.2) is 6.61 Å². The maximum atomic E-state index is 13.4. The molecule has 4 aromatic rings. The molecule has 9 heteroatoms. The Morgan fingerprint density at radius 3 is 2.20 bits per heavy atom. The molecule has 0 heterocycles. The van der Waals surface area contributed by atoms with Crippen LogP contribution in [-0.2, 0) is 4.79 Å². The number of carbonyl (C=O) groups excluding carboxylic acids is 1. The van der Waals surface area contributed by atoms with E-state index < -0.39 is 12.6 Å². The van der Waals surface area contributed by atoms with Crippen molar-refractivity contribution >= 4 is 35.1 Å². The van der Waals surface area contributed by atoms with Crippen molar-refractivity contribution in [3.8, 4) is 33.8 Å². The molecule has 0 aromatic heterocycles. The molecule has 236 valence electrons. The molecule has 0 fully saturated rings. The number of para-hydroxylation sites is 1. The van der Waals surface area contributed by atoms with Gasteiger partial charge in [0.25, 0.3) is 5.91 Å². The summed E-state index contributed by atoms with van der Waals surface area (Å²) in [5, 5.41) is 13.2. The number of carboxylic acids is 1. The van der Waals surface area contributed by atoms with Crippen molar-refractivity contribution in [3.63, 3.8) is 0 Å². The third kappa shape index (κ3) is 10.2. The van der Waals surface area contributed by atoms with Crippen molar-refractivity contribution < 1.29 is 28.6 Å². The first-order chi connectivity index (χ1) is 21.7. The van der Waals surface area contributed by atoms with E-state index in [9.17, 15) is 19.1 Å². The van der Waals surface area contributed by atoms with Gasteiger partial charge < -0.3 is 19.9 Å². The Labute approximate surface area is 273 Å². The lowest BCUT2D eigenvalue weighted by Gasteiger charge is -2.17. The lowest BCUT2D eigenvalue weighted by Crippen LogP contribution is -2.24. The van der Waals surface area contributed by atoms with Gasteiger partial charge in [-0.25, -0.2) is 9.18 Å². The Balaban J connectivity index is 1.30. The first kappa shape index (κ1) is 33.8. The smallest absolute Gasteiger partial charge is 0.341 e. The van der Waals surface area contributed by atoms with Crippen LogP contribution in [0, 0.1) is 12.7 Å². The number of carbonyl (C=O) groups is 2. The molecular formula is C36H36Cl2FNO5. The van der Waals surface area contributed by atoms with Gasteiger partial charge in [-0.05, 0) is 85.0 Å². The number of aryl methyl sites for hydroxylation is 1. The highest BCUT2D eigenvalue weighted by Gasteiger charge is 2.17. The van der Waals surface area contributed by atoms with Gasteiger partial charge in [0.1, 0.15) is 17.3 Å². The second-order valence-corrected chi connectivity index (χ2v) is 11.6. The first-order valence-corrected chi connectivity index (χ1v) is 15.7. The largest absolute Gasteiger partial charge is 0.494 e. The first-order valence-electron chi connectivity index (χ1n) is 14.9. The zero-order valence-electron chi connectivity index (χ0n) is 25.1. The molecule has 0 aliphatic carbocycles. The van der Waals surface area contributed by atoms with E-state index in [1.54, 1.807) is 61.5 Å². The average molecular weight is 653 g/mol. The molecule has 0 bridgehead atoms. The highest BCUT2D eigenvalue weighted by atomic mass is 35.5. The Bertz CT molecular complexity index is 1630. The van der Waals surface area contributed by atoms with Gasteiger partial charge in [-0.2, -0.15) is 0 Å². The summed E-state index contributed by atoms with van der Waals surface area (Å²) in [5.41, 5.74) is 3.62. The number of hydrogen-bond acceptors (Lipinski definition) is 4. The molecule has 1 amide bonds. The number of amides is 1. The monoisotopic (exact) mass is 651 g/mol. The van der Waals surface area contributed by atoms with Gasteiger partial charge in [-0.3, -0.25) is 4.79 Å². The summed E-state index contributed by atoms with van der Waals surface area (Å²) >= 11 is 12.7. The van der Waals surface area contributed by atoms with Crippen molar-refractivity contribution in [2.24, 2.45) is 0 Å². The summed E-state index contributed by atoms with van der Waals surface area (Å²) in [7, 11) is 0. The molecule has 0 saturated heterocycles. The van der Waals surface area contributed by atoms with Crippen LogP contribution in [0.4, 0.5) is 4.39 Å². The number of unbranched alkanes of at least 4 members (excludes halogenated alkanes) is 5. The fourth-order valence-corrected chi connectivity index (χ4v) is 5.37. The van der Waals surface area contributed by atoms with E-state index in [4.69, 9.17) is 32.7 Å². The van der Waals surface area contributed by atoms with Gasteiger partial charge >= 0.3 is 5.97 Å². The summed E-state index contributed by atoms with van der Waals surface area (Å²) in [6.45, 7) is 2.31. The quantitative estimate of drug-likeness (QED) is 0.118. The van der Waals surface area contributed by atoms with E-state index in [0.29, 0.717) is 62.5 Å². The number of benzene rings is 4. The van der Waals surface area contributed by atoms with E-state index in [2.05, 4.69) is 5.32 Å². The molecule has 0 saturated carbocycles. The normalized spacial score (nSPS) is 10.8. The topological polar surface area (TPSA) is 84.9 Å². The Morgan fingerprint density at radius 1 is 0.778 bits per heavy atom. The van der Waals surface area contributed by atoms with E-state index in [1.165, 1.54) is 6.07 Å². The van der Waals surface area contributed by atoms with Gasteiger partial charge in [0, 0.05) is 33.3 Å². The number of rotatable bonds is 16. The van der Waals surface area contributed by atoms with Crippen molar-refractivity contribution in [3.05, 3.63) is 106 Å². The van der Waals surface area contributed by atoms with E-state index in [-0.39, 0.29) is 11.7 Å². The van der Waals surface area contributed by atoms with Crippen molar-refractivity contribution in [2.75, 3.05) is 19.8 Å². The van der Waals surface area contributed by atoms with E-state index in [0.717, 1.165) is 44.1 Å². The van der Waals surface area contributed by atoms with Crippen LogP contribution in [0.5, 0.6) is 11.5 Å². The minimum atomic E-state index is -1.11. The minimum absolute atomic E-state index is 0.231. The number of nitrogens with one attached hydrogen (secondary N) is 1. The van der Waals surface area contributed by atoms with Gasteiger partial charge in [-0.1, -0.05) is 79.2 Å². The summed E-state index contributed by atoms with van der Waals surface area (Å²) in [5.74, 6) is -0.544. The van der Waals surface area contributed by atoms with Crippen LogP contribution in [0.15, 0.2) is 78.9 Å². The molecule has 45 heavy (non-hydrogen) atoms. The zero-order valence-corrected chi connectivity index (χ0v) is 26.6. The van der Waals surface area contributed by atoms with Crippen LogP contribution in [0.2, 0.25) is 10.0 Å². The molecule has 0 atom stereocenters. The fraction of sp³-hybridized carbons (Fsp3) is 0.278. The van der Waals surface area contributed by atoms with Crippen LogP contribution in [-0.4, -0.2) is 36.7 Å². The highest BCUT2D eigenvalue weighted by Crippen LogP contribution is 2.40. The summed E-state index contributed by atoms with van der Waals surface area (Å²) in [6.07, 6.45) is 5.91. The molecule has 2 N–H and O–H groups in total. The molecule has 0 aliphatic heterocycles. The molecule has 4 rings (SSSR count). The third-order valence-electron chi connectivity index (χ3n) is 7.22. The molecule has 6 nitrogen and oxygen atoms in total. The van der Waals surface area contributed by atoms with Crippen molar-refractivity contribution in [1.29, 1.82) is 0 Å². The number of hydrogen-bond donors (Lipinski definition) is 2. The van der Waals surface area contributed by atoms with Crippen LogP contribution in [0.3, 0.4) is 0 Å². The van der Waals surface area contributed by atoms with Crippen LogP contribution in [0.25, 0.3) is 22.3 Å². The average Bonchev–Trinajstić information content (AvgIpc) is 3.02. The van der Waals surface area contributed by atoms with E-state index in [1.807, 2.05) is 18.2 Å². The number of halogens is 3. The van der Waals surface area contributed by atoms with Crippen molar-refractivity contribution in [1.82, 2.24) is 5.32 Å². The lowest BCUT2D eigenvalue weighted by molar-refractivity contribution is -0.139. The molecule has 0 radical (unpaired) electrons. The van der Waals surface area contributed by atoms with Crippen LogP contribution >= 0.6 is 23.2 Å². The van der Waals surface area contributed by atoms with Gasteiger partial charge in [-0.15, -0.1) is 0 Å². The maximum Gasteiger partial charge on any atom is 0.341 e. The van der Waals surface area contributed by atoms with E-state index >= 15 is 0 Å². The SMILES string of the molecule is Cc1cc(OCCCCCCCCNC(=O)c2cc(Cl)cc(-c3cccc(-c4cccc(Cl)c4)c3OCC(=O)O)c2)ccc1F. The summed E-state index contributed by atoms with van der Waals surface area (Å²) < 4.78 is 24.8. The van der Waals surface area contributed by atoms with Gasteiger partial charge in [0.05, 0.1) is 6.61 Å². The number of ether oxygens (including phenoxy) is 2.